The molecule has 1 atom stereocenters. The summed E-state index contributed by atoms with van der Waals surface area (Å²) in [6.07, 6.45) is 16.1. The Morgan fingerprint density at radius 1 is 0.919 bits per heavy atom. The molecule has 0 spiro atoms. The van der Waals surface area contributed by atoms with Gasteiger partial charge in [-0.2, -0.15) is 0 Å². The van der Waals surface area contributed by atoms with Gasteiger partial charge in [-0.1, -0.05) is 45.6 Å². The van der Waals surface area contributed by atoms with E-state index in [2.05, 4.69) is 30.4 Å². The van der Waals surface area contributed by atoms with Crippen molar-refractivity contribution < 1.29 is 14.3 Å². The van der Waals surface area contributed by atoms with Crippen LogP contribution in [0.1, 0.15) is 81.1 Å². The van der Waals surface area contributed by atoms with E-state index >= 15 is 0 Å². The second kappa shape index (κ2) is 15.6. The molecule has 0 amide bonds. The number of esters is 1. The molecule has 0 saturated carbocycles. The SMILES string of the molecule is C=CCCCCOc1ccc(C(=O)Oc2ccc(-c3ncc(CCCCCC(C)CC)cn3)cc2)cc1. The van der Waals surface area contributed by atoms with E-state index in [0.717, 1.165) is 42.9 Å². The van der Waals surface area contributed by atoms with Crippen LogP contribution in [-0.4, -0.2) is 22.5 Å². The highest BCUT2D eigenvalue weighted by molar-refractivity contribution is 5.91. The van der Waals surface area contributed by atoms with Crippen LogP contribution < -0.4 is 9.47 Å². The molecule has 0 aliphatic carbocycles. The number of aromatic nitrogens is 2. The zero-order valence-electron chi connectivity index (χ0n) is 22.3. The van der Waals surface area contributed by atoms with E-state index in [0.29, 0.717) is 23.7 Å². The highest BCUT2D eigenvalue weighted by Gasteiger charge is 2.10. The fourth-order valence-corrected chi connectivity index (χ4v) is 3.94. The molecule has 37 heavy (non-hydrogen) atoms. The van der Waals surface area contributed by atoms with Gasteiger partial charge in [-0.25, -0.2) is 14.8 Å². The third-order valence-electron chi connectivity index (χ3n) is 6.55. The molecule has 0 saturated heterocycles. The molecule has 0 bridgehead atoms. The number of ether oxygens (including phenoxy) is 2. The summed E-state index contributed by atoms with van der Waals surface area (Å²) in [5.74, 6) is 2.30. The summed E-state index contributed by atoms with van der Waals surface area (Å²) in [5.41, 5.74) is 2.53. The Hall–Kier alpha value is -3.47. The molecule has 1 unspecified atom stereocenters. The summed E-state index contributed by atoms with van der Waals surface area (Å²) in [4.78, 5) is 21.6. The minimum Gasteiger partial charge on any atom is -0.494 e. The quantitative estimate of drug-likeness (QED) is 0.0857. The maximum absolute atomic E-state index is 12.5. The summed E-state index contributed by atoms with van der Waals surface area (Å²) < 4.78 is 11.2. The van der Waals surface area contributed by atoms with Crippen molar-refractivity contribution in [2.75, 3.05) is 6.61 Å². The number of rotatable bonds is 16. The monoisotopic (exact) mass is 500 g/mol. The molecule has 2 aromatic carbocycles. The van der Waals surface area contributed by atoms with Gasteiger partial charge in [0.1, 0.15) is 11.5 Å². The number of unbranched alkanes of at least 4 members (excludes halogenated alkanes) is 4. The zero-order valence-corrected chi connectivity index (χ0v) is 22.3. The Morgan fingerprint density at radius 2 is 1.62 bits per heavy atom. The van der Waals surface area contributed by atoms with Gasteiger partial charge in [0.25, 0.3) is 0 Å². The number of benzene rings is 2. The highest BCUT2D eigenvalue weighted by Crippen LogP contribution is 2.21. The van der Waals surface area contributed by atoms with Gasteiger partial charge in [0, 0.05) is 18.0 Å². The molecular formula is C32H40N2O3. The third-order valence-corrected chi connectivity index (χ3v) is 6.55. The number of allylic oxidation sites excluding steroid dienone is 1. The summed E-state index contributed by atoms with van der Waals surface area (Å²) in [6.45, 7) is 8.95. The van der Waals surface area contributed by atoms with Gasteiger partial charge in [-0.05, 0) is 92.1 Å². The van der Waals surface area contributed by atoms with E-state index in [9.17, 15) is 4.79 Å². The maximum atomic E-state index is 12.5. The molecule has 5 heteroatoms. The van der Waals surface area contributed by atoms with E-state index < -0.39 is 5.97 Å². The van der Waals surface area contributed by atoms with Crippen molar-refractivity contribution >= 4 is 5.97 Å². The summed E-state index contributed by atoms with van der Waals surface area (Å²) >= 11 is 0. The lowest BCUT2D eigenvalue weighted by molar-refractivity contribution is 0.0734. The number of carbonyl (C=O) groups is 1. The Bertz CT molecular complexity index is 1080. The molecule has 3 aromatic rings. The van der Waals surface area contributed by atoms with Gasteiger partial charge in [0.15, 0.2) is 5.82 Å². The first-order valence-corrected chi connectivity index (χ1v) is 13.6. The highest BCUT2D eigenvalue weighted by atomic mass is 16.5. The second-order valence-corrected chi connectivity index (χ2v) is 9.60. The van der Waals surface area contributed by atoms with E-state index in [-0.39, 0.29) is 0 Å². The Kier molecular flexibility index (Phi) is 11.9. The Morgan fingerprint density at radius 3 is 2.30 bits per heavy atom. The molecule has 0 fully saturated rings. The average Bonchev–Trinajstić information content (AvgIpc) is 2.93. The number of aryl methyl sites for hydroxylation is 1. The van der Waals surface area contributed by atoms with Crippen molar-refractivity contribution in [3.8, 4) is 22.9 Å². The molecule has 0 aliphatic heterocycles. The molecule has 0 aliphatic rings. The molecule has 196 valence electrons. The molecule has 0 radical (unpaired) electrons. The van der Waals surface area contributed by atoms with Crippen molar-refractivity contribution in [1.82, 2.24) is 9.97 Å². The minimum atomic E-state index is -0.407. The maximum Gasteiger partial charge on any atom is 0.343 e. The first-order chi connectivity index (χ1) is 18.1. The van der Waals surface area contributed by atoms with Crippen LogP contribution in [0, 0.1) is 5.92 Å². The Labute approximate surface area is 222 Å². The fraction of sp³-hybridized carbons (Fsp3) is 0.406. The fourth-order valence-electron chi connectivity index (χ4n) is 3.94. The van der Waals surface area contributed by atoms with Gasteiger partial charge in [0.2, 0.25) is 0 Å². The lowest BCUT2D eigenvalue weighted by Crippen LogP contribution is -2.08. The molecule has 0 N–H and O–H groups in total. The molecule has 3 rings (SSSR count). The van der Waals surface area contributed by atoms with Crippen LogP contribution in [0.2, 0.25) is 0 Å². The van der Waals surface area contributed by atoms with Crippen LogP contribution in [0.5, 0.6) is 11.5 Å². The van der Waals surface area contributed by atoms with Crippen LogP contribution in [0.3, 0.4) is 0 Å². The molecule has 1 heterocycles. The molecular weight excluding hydrogens is 460 g/mol. The first kappa shape index (κ1) is 28.1. The van der Waals surface area contributed by atoms with Crippen molar-refractivity contribution in [3.05, 3.63) is 84.7 Å². The predicted octanol–water partition coefficient (Wildman–Crippen LogP) is 8.25. The van der Waals surface area contributed by atoms with E-state index in [1.807, 2.05) is 30.6 Å². The van der Waals surface area contributed by atoms with Gasteiger partial charge in [-0.3, -0.25) is 0 Å². The Balaban J connectivity index is 1.44. The second-order valence-electron chi connectivity index (χ2n) is 9.60. The standard InChI is InChI=1S/C32H40N2O3/c1-4-6-7-11-22-36-29-18-16-28(17-19-29)32(35)37-30-20-14-27(15-21-30)31-33-23-26(24-34-31)13-10-8-9-12-25(3)5-2/h4,14-21,23-25H,1,5-13,22H2,2-3H3. The normalized spacial score (nSPS) is 11.6. The van der Waals surface area contributed by atoms with Crippen molar-refractivity contribution in [3.63, 3.8) is 0 Å². The van der Waals surface area contributed by atoms with E-state index in [1.165, 1.54) is 37.7 Å². The molecule has 5 nitrogen and oxygen atoms in total. The van der Waals surface area contributed by atoms with Gasteiger partial charge >= 0.3 is 5.97 Å². The van der Waals surface area contributed by atoms with Crippen LogP contribution in [0.15, 0.2) is 73.6 Å². The van der Waals surface area contributed by atoms with E-state index in [4.69, 9.17) is 9.47 Å². The van der Waals surface area contributed by atoms with Crippen molar-refractivity contribution in [2.24, 2.45) is 5.92 Å². The molecule has 1 aromatic heterocycles. The minimum absolute atomic E-state index is 0.407. The van der Waals surface area contributed by atoms with Gasteiger partial charge in [0.05, 0.1) is 12.2 Å². The number of carbonyl (C=O) groups excluding carboxylic acids is 1. The predicted molar refractivity (Wildman–Crippen MR) is 150 cm³/mol. The number of nitrogens with zero attached hydrogens (tertiary/aromatic N) is 2. The van der Waals surface area contributed by atoms with Gasteiger partial charge in [-0.15, -0.1) is 6.58 Å². The van der Waals surface area contributed by atoms with Crippen LogP contribution in [-0.2, 0) is 6.42 Å². The first-order valence-electron chi connectivity index (χ1n) is 13.6. The lowest BCUT2D eigenvalue weighted by Gasteiger charge is -2.08. The average molecular weight is 501 g/mol. The summed E-state index contributed by atoms with van der Waals surface area (Å²) in [7, 11) is 0. The third kappa shape index (κ3) is 9.83. The topological polar surface area (TPSA) is 61.3 Å². The zero-order chi connectivity index (χ0) is 26.3. The van der Waals surface area contributed by atoms with Crippen molar-refractivity contribution in [2.45, 2.75) is 71.6 Å². The van der Waals surface area contributed by atoms with Crippen LogP contribution in [0.25, 0.3) is 11.4 Å². The van der Waals surface area contributed by atoms with Gasteiger partial charge < -0.3 is 9.47 Å². The lowest BCUT2D eigenvalue weighted by atomic mass is 10.00. The van der Waals surface area contributed by atoms with E-state index in [1.54, 1.807) is 36.4 Å². The summed E-state index contributed by atoms with van der Waals surface area (Å²) in [5, 5.41) is 0. The van der Waals surface area contributed by atoms with Crippen LogP contribution >= 0.6 is 0 Å². The number of hydrogen-bond acceptors (Lipinski definition) is 5. The largest absolute Gasteiger partial charge is 0.494 e. The van der Waals surface area contributed by atoms with Crippen molar-refractivity contribution in [1.29, 1.82) is 0 Å². The summed E-state index contributed by atoms with van der Waals surface area (Å²) in [6, 6.07) is 14.3. The smallest absolute Gasteiger partial charge is 0.343 e. The number of hydrogen-bond donors (Lipinski definition) is 0. The van der Waals surface area contributed by atoms with Crippen LogP contribution in [0.4, 0.5) is 0 Å².